The third kappa shape index (κ3) is 5.36. The Balaban J connectivity index is 0.000000630. The first kappa shape index (κ1) is 24.3. The fourth-order valence-corrected chi connectivity index (χ4v) is 3.29. The number of benzene rings is 2. The molecule has 0 spiro atoms. The minimum atomic E-state index is 0. The molecule has 25 heavy (non-hydrogen) atoms. The van der Waals surface area contributed by atoms with Gasteiger partial charge in [-0.05, 0) is 16.9 Å². The van der Waals surface area contributed by atoms with Crippen molar-refractivity contribution >= 4 is 0 Å². The van der Waals surface area contributed by atoms with Crippen LogP contribution in [-0.4, -0.2) is 0 Å². The largest absolute Gasteiger partial charge is 4.00 e. The number of hydrogen-bond acceptors (Lipinski definition) is 0. The molecule has 0 aliphatic heterocycles. The second-order valence-corrected chi connectivity index (χ2v) is 6.85. The Kier molecular flexibility index (Phi) is 10.1. The van der Waals surface area contributed by atoms with Gasteiger partial charge in [0.2, 0.25) is 0 Å². The molecule has 3 heteroatoms. The van der Waals surface area contributed by atoms with Gasteiger partial charge in [0.05, 0.1) is 0 Å². The van der Waals surface area contributed by atoms with Gasteiger partial charge in [0, 0.05) is 0 Å². The van der Waals surface area contributed by atoms with Gasteiger partial charge < -0.3 is 24.8 Å². The number of hydrogen-bond donors (Lipinski definition) is 0. The van der Waals surface area contributed by atoms with E-state index in [4.69, 9.17) is 0 Å². The Bertz CT molecular complexity index is 680. The van der Waals surface area contributed by atoms with Crippen molar-refractivity contribution in [3.05, 3.63) is 90.0 Å². The van der Waals surface area contributed by atoms with Crippen LogP contribution < -0.4 is 24.8 Å². The van der Waals surface area contributed by atoms with Crippen molar-refractivity contribution in [1.82, 2.24) is 0 Å². The van der Waals surface area contributed by atoms with Gasteiger partial charge in [-0.1, -0.05) is 50.6 Å². The van der Waals surface area contributed by atoms with E-state index in [2.05, 4.69) is 63.2 Å². The molecule has 0 saturated carbocycles. The first-order chi connectivity index (χ1) is 10.6. The second-order valence-electron chi connectivity index (χ2n) is 6.85. The Labute approximate surface area is 183 Å². The summed E-state index contributed by atoms with van der Waals surface area (Å²) in [5.74, 6) is 0.467. The third-order valence-corrected chi connectivity index (χ3v) is 4.16. The molecular formula is C22H22Cl2Zr. The van der Waals surface area contributed by atoms with E-state index in [1.165, 1.54) is 22.3 Å². The number of fused-ring (bicyclic) bond motifs is 3. The molecular weight excluding hydrogens is 426 g/mol. The molecule has 0 amide bonds. The van der Waals surface area contributed by atoms with Gasteiger partial charge in [-0.2, -0.15) is 42.5 Å². The molecule has 0 saturated heterocycles. The molecule has 0 bridgehead atoms. The van der Waals surface area contributed by atoms with Crippen molar-refractivity contribution in [1.29, 1.82) is 0 Å². The summed E-state index contributed by atoms with van der Waals surface area (Å²) in [4.78, 5) is 0. The van der Waals surface area contributed by atoms with Crippen LogP contribution in [0.15, 0.2) is 72.8 Å². The van der Waals surface area contributed by atoms with Gasteiger partial charge >= 0.3 is 26.2 Å². The van der Waals surface area contributed by atoms with Gasteiger partial charge in [0.1, 0.15) is 0 Å². The van der Waals surface area contributed by atoms with Crippen LogP contribution in [0.3, 0.4) is 0 Å². The minimum Gasteiger partial charge on any atom is -1.00 e. The van der Waals surface area contributed by atoms with Crippen molar-refractivity contribution in [2.75, 3.05) is 0 Å². The van der Waals surface area contributed by atoms with Crippen molar-refractivity contribution in [3.63, 3.8) is 0 Å². The first-order valence-corrected chi connectivity index (χ1v) is 7.85. The van der Waals surface area contributed by atoms with Crippen molar-refractivity contribution in [2.24, 2.45) is 5.41 Å². The van der Waals surface area contributed by atoms with Crippen LogP contribution in [-0.2, 0) is 26.2 Å². The van der Waals surface area contributed by atoms with Gasteiger partial charge in [0.25, 0.3) is 0 Å². The normalized spacial score (nSPS) is 13.6. The molecule has 0 fully saturated rings. The Morgan fingerprint density at radius 3 is 2.00 bits per heavy atom. The Hall–Kier alpha value is -0.747. The van der Waals surface area contributed by atoms with Crippen LogP contribution in [0, 0.1) is 11.5 Å². The smallest absolute Gasteiger partial charge is 1.00 e. The van der Waals surface area contributed by atoms with Crippen LogP contribution in [0.1, 0.15) is 37.8 Å². The molecule has 0 aromatic heterocycles. The second kappa shape index (κ2) is 10.4. The zero-order valence-electron chi connectivity index (χ0n) is 14.8. The zero-order valence-corrected chi connectivity index (χ0v) is 18.7. The van der Waals surface area contributed by atoms with Crippen LogP contribution in [0.25, 0.3) is 11.1 Å². The van der Waals surface area contributed by atoms with E-state index >= 15 is 0 Å². The van der Waals surface area contributed by atoms with Gasteiger partial charge in [0.15, 0.2) is 0 Å². The molecule has 1 atom stereocenters. The molecule has 3 aromatic rings. The fraction of sp³-hybridized carbons (Fsp3) is 0.227. The zero-order chi connectivity index (χ0) is 15.6. The summed E-state index contributed by atoms with van der Waals surface area (Å²) < 4.78 is 0. The predicted octanol–water partition coefficient (Wildman–Crippen LogP) is 0.0562. The van der Waals surface area contributed by atoms with E-state index < -0.39 is 0 Å². The van der Waals surface area contributed by atoms with Gasteiger partial charge in [-0.3, -0.25) is 0 Å². The third-order valence-electron chi connectivity index (χ3n) is 4.16. The van der Waals surface area contributed by atoms with Crippen LogP contribution in [0.2, 0.25) is 0 Å². The summed E-state index contributed by atoms with van der Waals surface area (Å²) in [5, 5.41) is 0. The van der Waals surface area contributed by atoms with Gasteiger partial charge in [-0.15, -0.1) is 11.1 Å². The van der Waals surface area contributed by atoms with E-state index in [1.54, 1.807) is 0 Å². The van der Waals surface area contributed by atoms with Crippen LogP contribution in [0.4, 0.5) is 0 Å². The van der Waals surface area contributed by atoms with Crippen LogP contribution >= 0.6 is 0 Å². The van der Waals surface area contributed by atoms with E-state index in [1.807, 2.05) is 36.4 Å². The molecule has 1 unspecified atom stereocenters. The van der Waals surface area contributed by atoms with E-state index in [-0.39, 0.29) is 56.4 Å². The Morgan fingerprint density at radius 1 is 0.840 bits per heavy atom. The Morgan fingerprint density at radius 2 is 1.44 bits per heavy atom. The number of halogens is 2. The summed E-state index contributed by atoms with van der Waals surface area (Å²) in [7, 11) is 0. The maximum atomic E-state index is 3.45. The van der Waals surface area contributed by atoms with Gasteiger partial charge in [-0.25, -0.2) is 12.1 Å². The molecule has 0 heterocycles. The van der Waals surface area contributed by atoms with Crippen molar-refractivity contribution in [2.45, 2.75) is 26.7 Å². The predicted molar refractivity (Wildman–Crippen MR) is 94.0 cm³/mol. The standard InChI is InChI=1S/C17H17.C5H5.2ClH.Zr/c1-17(2,3)16-14-10-6-4-8-12(14)13-9-5-7-11-15(13)16;1-2-4-5-3-1;;;/h4-10,16H,1-3H3;1-5H;2*1H;/q2*-1;;;+4/p-2. The van der Waals surface area contributed by atoms with Crippen LogP contribution in [0.5, 0.6) is 0 Å². The molecule has 3 aromatic carbocycles. The van der Waals surface area contributed by atoms with Crippen molar-refractivity contribution in [3.8, 4) is 11.1 Å². The van der Waals surface area contributed by atoms with E-state index in [9.17, 15) is 0 Å². The molecule has 0 nitrogen and oxygen atoms in total. The van der Waals surface area contributed by atoms with E-state index in [0.717, 1.165) is 0 Å². The topological polar surface area (TPSA) is 0 Å². The quantitative estimate of drug-likeness (QED) is 0.427. The van der Waals surface area contributed by atoms with Crippen molar-refractivity contribution < 1.29 is 51.0 Å². The minimum absolute atomic E-state index is 0. The molecule has 0 radical (unpaired) electrons. The molecule has 0 N–H and O–H groups in total. The summed E-state index contributed by atoms with van der Waals surface area (Å²) in [6.45, 7) is 6.93. The van der Waals surface area contributed by atoms with E-state index in [0.29, 0.717) is 5.92 Å². The first-order valence-electron chi connectivity index (χ1n) is 7.85. The molecule has 1 aliphatic rings. The summed E-state index contributed by atoms with van der Waals surface area (Å²) in [5.41, 5.74) is 5.81. The monoisotopic (exact) mass is 446 g/mol. The maximum Gasteiger partial charge on any atom is 4.00 e. The molecule has 4 rings (SSSR count). The maximum absolute atomic E-state index is 3.45. The average molecular weight is 449 g/mol. The molecule has 128 valence electrons. The SMILES string of the molecule is CC(C)(C)C1c2[c-]cccc2-c2ccccc21.[Cl-].[Cl-].[Zr+4].c1cc[cH-]c1. The summed E-state index contributed by atoms with van der Waals surface area (Å²) >= 11 is 0. The average Bonchev–Trinajstić information content (AvgIpc) is 3.16. The summed E-state index contributed by atoms with van der Waals surface area (Å²) in [6.07, 6.45) is 0. The summed E-state index contributed by atoms with van der Waals surface area (Å²) in [6, 6.07) is 28.5. The fourth-order valence-electron chi connectivity index (χ4n) is 3.29. The number of rotatable bonds is 0. The molecule has 1 aliphatic carbocycles.